The lowest BCUT2D eigenvalue weighted by Gasteiger charge is -2.13. The molecule has 0 radical (unpaired) electrons. The van der Waals surface area contributed by atoms with Crippen LogP contribution in [0.5, 0.6) is 0 Å². The topological polar surface area (TPSA) is 12.9 Å². The van der Waals surface area contributed by atoms with E-state index >= 15 is 0 Å². The van der Waals surface area contributed by atoms with Crippen molar-refractivity contribution in [2.75, 3.05) is 0 Å². The normalized spacial score (nSPS) is 12.0. The summed E-state index contributed by atoms with van der Waals surface area (Å²) in [5.41, 5.74) is 5.76. The third-order valence-electron chi connectivity index (χ3n) is 4.63. The summed E-state index contributed by atoms with van der Waals surface area (Å²) in [6.07, 6.45) is 2.17. The molecule has 1 heterocycles. The SMILES string of the molecule is C/C=C(\C)c1cc(-c2ccccc2)nc2ccc3ccccc3c12. The van der Waals surface area contributed by atoms with E-state index in [-0.39, 0.29) is 0 Å². The maximum absolute atomic E-state index is 4.95. The molecule has 1 heteroatoms. The van der Waals surface area contributed by atoms with Gasteiger partial charge in [0.05, 0.1) is 11.2 Å². The van der Waals surface area contributed by atoms with E-state index in [1.165, 1.54) is 27.3 Å². The highest BCUT2D eigenvalue weighted by Crippen LogP contribution is 2.34. The van der Waals surface area contributed by atoms with Gasteiger partial charge in [0, 0.05) is 10.9 Å². The number of fused-ring (bicyclic) bond motifs is 3. The molecule has 24 heavy (non-hydrogen) atoms. The first-order valence-electron chi connectivity index (χ1n) is 8.29. The Morgan fingerprint density at radius 3 is 2.42 bits per heavy atom. The molecule has 0 amide bonds. The van der Waals surface area contributed by atoms with E-state index in [1.807, 2.05) is 6.07 Å². The van der Waals surface area contributed by atoms with Crippen LogP contribution in [0.15, 0.2) is 78.9 Å². The van der Waals surface area contributed by atoms with Crippen molar-refractivity contribution in [3.05, 3.63) is 84.4 Å². The van der Waals surface area contributed by atoms with E-state index in [9.17, 15) is 0 Å². The van der Waals surface area contributed by atoms with Gasteiger partial charge in [0.25, 0.3) is 0 Å². The molecule has 0 aliphatic carbocycles. The smallest absolute Gasteiger partial charge is 0.0722 e. The van der Waals surface area contributed by atoms with Crippen molar-refractivity contribution >= 4 is 27.2 Å². The molecule has 0 bridgehead atoms. The second-order valence-electron chi connectivity index (χ2n) is 6.07. The maximum Gasteiger partial charge on any atom is 0.0722 e. The highest BCUT2D eigenvalue weighted by molar-refractivity contribution is 6.11. The summed E-state index contributed by atoms with van der Waals surface area (Å²) in [7, 11) is 0. The quantitative estimate of drug-likeness (QED) is 0.386. The minimum absolute atomic E-state index is 1.02. The van der Waals surface area contributed by atoms with Gasteiger partial charge in [-0.15, -0.1) is 0 Å². The molecule has 0 spiro atoms. The van der Waals surface area contributed by atoms with Gasteiger partial charge in [0.15, 0.2) is 0 Å². The average molecular weight is 309 g/mol. The zero-order valence-corrected chi connectivity index (χ0v) is 14.0. The van der Waals surface area contributed by atoms with Crippen LogP contribution in [0.4, 0.5) is 0 Å². The van der Waals surface area contributed by atoms with Crippen molar-refractivity contribution in [3.63, 3.8) is 0 Å². The summed E-state index contributed by atoms with van der Waals surface area (Å²) in [5, 5.41) is 3.76. The largest absolute Gasteiger partial charge is 0.248 e. The molecular formula is C23H19N. The molecule has 4 rings (SSSR count). The molecule has 116 valence electrons. The highest BCUT2D eigenvalue weighted by Gasteiger charge is 2.11. The van der Waals surface area contributed by atoms with E-state index in [2.05, 4.69) is 86.7 Å². The van der Waals surface area contributed by atoms with Crippen LogP contribution in [0, 0.1) is 0 Å². The maximum atomic E-state index is 4.95. The van der Waals surface area contributed by atoms with Gasteiger partial charge in [-0.3, -0.25) is 0 Å². The Bertz CT molecular complexity index is 1060. The fourth-order valence-electron chi connectivity index (χ4n) is 3.23. The predicted molar refractivity (Wildman–Crippen MR) is 104 cm³/mol. The molecule has 1 aromatic heterocycles. The summed E-state index contributed by atoms with van der Waals surface area (Å²) in [4.78, 5) is 4.95. The molecule has 0 unspecified atom stereocenters. The molecular weight excluding hydrogens is 290 g/mol. The summed E-state index contributed by atoms with van der Waals surface area (Å²) in [6.45, 7) is 4.26. The van der Waals surface area contributed by atoms with Gasteiger partial charge in [0.1, 0.15) is 0 Å². The van der Waals surface area contributed by atoms with Crippen LogP contribution in [0.3, 0.4) is 0 Å². The van der Waals surface area contributed by atoms with E-state index in [1.54, 1.807) is 0 Å². The van der Waals surface area contributed by atoms with Gasteiger partial charge in [-0.1, -0.05) is 66.7 Å². The van der Waals surface area contributed by atoms with E-state index in [4.69, 9.17) is 4.98 Å². The van der Waals surface area contributed by atoms with Crippen molar-refractivity contribution in [1.29, 1.82) is 0 Å². The van der Waals surface area contributed by atoms with Crippen molar-refractivity contribution in [3.8, 4) is 11.3 Å². The lowest BCUT2D eigenvalue weighted by Crippen LogP contribution is -1.92. The van der Waals surface area contributed by atoms with Crippen LogP contribution in [0.25, 0.3) is 38.5 Å². The molecule has 1 nitrogen and oxygen atoms in total. The number of nitrogens with zero attached hydrogens (tertiary/aromatic N) is 1. The predicted octanol–water partition coefficient (Wildman–Crippen LogP) is 6.48. The Morgan fingerprint density at radius 1 is 0.875 bits per heavy atom. The number of hydrogen-bond donors (Lipinski definition) is 0. The van der Waals surface area contributed by atoms with Crippen LogP contribution in [-0.4, -0.2) is 4.98 Å². The van der Waals surface area contributed by atoms with Crippen LogP contribution < -0.4 is 0 Å². The fourth-order valence-corrected chi connectivity index (χ4v) is 3.23. The number of aromatic nitrogens is 1. The first-order chi connectivity index (χ1) is 11.8. The minimum atomic E-state index is 1.02. The third-order valence-corrected chi connectivity index (χ3v) is 4.63. The molecule has 0 aliphatic heterocycles. The summed E-state index contributed by atoms with van der Waals surface area (Å²) in [6, 6.07) is 25.4. The van der Waals surface area contributed by atoms with Crippen molar-refractivity contribution in [2.24, 2.45) is 0 Å². The van der Waals surface area contributed by atoms with E-state index < -0.39 is 0 Å². The Morgan fingerprint density at radius 2 is 1.62 bits per heavy atom. The molecule has 0 saturated heterocycles. The standard InChI is InChI=1S/C23H19N/c1-3-16(2)20-15-22(18-10-5-4-6-11-18)24-21-14-13-17-9-7-8-12-19(17)23(20)21/h3-15H,1-2H3/b16-3+. The first-order valence-corrected chi connectivity index (χ1v) is 8.29. The van der Waals surface area contributed by atoms with Gasteiger partial charge < -0.3 is 0 Å². The number of hydrogen-bond acceptors (Lipinski definition) is 1. The lowest BCUT2D eigenvalue weighted by atomic mass is 9.95. The number of benzene rings is 3. The molecule has 0 atom stereocenters. The second-order valence-corrected chi connectivity index (χ2v) is 6.07. The Balaban J connectivity index is 2.13. The lowest BCUT2D eigenvalue weighted by molar-refractivity contribution is 1.39. The zero-order chi connectivity index (χ0) is 16.5. The van der Waals surface area contributed by atoms with E-state index in [0.717, 1.165) is 16.8 Å². The monoisotopic (exact) mass is 309 g/mol. The van der Waals surface area contributed by atoms with Crippen molar-refractivity contribution in [1.82, 2.24) is 4.98 Å². The summed E-state index contributed by atoms with van der Waals surface area (Å²) >= 11 is 0. The van der Waals surface area contributed by atoms with Gasteiger partial charge in [-0.05, 0) is 47.9 Å². The van der Waals surface area contributed by atoms with Gasteiger partial charge in [0.2, 0.25) is 0 Å². The summed E-state index contributed by atoms with van der Waals surface area (Å²) in [5.74, 6) is 0. The molecule has 0 N–H and O–H groups in total. The Labute approximate surface area is 142 Å². The van der Waals surface area contributed by atoms with Crippen LogP contribution >= 0.6 is 0 Å². The average Bonchev–Trinajstić information content (AvgIpc) is 2.67. The fraction of sp³-hybridized carbons (Fsp3) is 0.0870. The van der Waals surface area contributed by atoms with Gasteiger partial charge in [-0.2, -0.15) is 0 Å². The highest BCUT2D eigenvalue weighted by atomic mass is 14.7. The van der Waals surface area contributed by atoms with E-state index in [0.29, 0.717) is 0 Å². The molecule has 0 aliphatic rings. The molecule has 0 fully saturated rings. The van der Waals surface area contributed by atoms with Gasteiger partial charge >= 0.3 is 0 Å². The molecule has 3 aromatic carbocycles. The number of rotatable bonds is 2. The number of pyridine rings is 1. The Kier molecular flexibility index (Phi) is 3.62. The van der Waals surface area contributed by atoms with Crippen LogP contribution in [0.1, 0.15) is 19.4 Å². The van der Waals surface area contributed by atoms with Crippen molar-refractivity contribution < 1.29 is 0 Å². The number of allylic oxidation sites excluding steroid dienone is 2. The van der Waals surface area contributed by atoms with Crippen LogP contribution in [0.2, 0.25) is 0 Å². The zero-order valence-electron chi connectivity index (χ0n) is 14.0. The van der Waals surface area contributed by atoms with Crippen LogP contribution in [-0.2, 0) is 0 Å². The third kappa shape index (κ3) is 2.39. The second kappa shape index (κ2) is 5.93. The molecule has 0 saturated carbocycles. The summed E-state index contributed by atoms with van der Waals surface area (Å²) < 4.78 is 0. The minimum Gasteiger partial charge on any atom is -0.248 e. The first kappa shape index (κ1) is 14.6. The Hall–Kier alpha value is -2.93. The van der Waals surface area contributed by atoms with Crippen molar-refractivity contribution in [2.45, 2.75) is 13.8 Å². The molecule has 4 aromatic rings. The van der Waals surface area contributed by atoms with Gasteiger partial charge in [-0.25, -0.2) is 4.98 Å².